The first-order valence-electron chi connectivity index (χ1n) is 11.5. The summed E-state index contributed by atoms with van der Waals surface area (Å²) in [6.07, 6.45) is 8.12. The minimum atomic E-state index is 0.260. The van der Waals surface area contributed by atoms with Gasteiger partial charge < -0.3 is 10.1 Å². The second-order valence-electron chi connectivity index (χ2n) is 11.0. The van der Waals surface area contributed by atoms with Gasteiger partial charge in [0.2, 0.25) is 5.91 Å². The van der Waals surface area contributed by atoms with E-state index in [-0.39, 0.29) is 11.3 Å². The molecular weight excluding hydrogens is 382 g/mol. The van der Waals surface area contributed by atoms with Crippen LogP contribution in [0.1, 0.15) is 65.7 Å². The molecule has 1 aliphatic heterocycles. The molecule has 4 heteroatoms. The Balaban J connectivity index is 1.38. The van der Waals surface area contributed by atoms with Crippen molar-refractivity contribution in [2.24, 2.45) is 34.5 Å². The third-order valence-corrected chi connectivity index (χ3v) is 9.56. The van der Waals surface area contributed by atoms with Crippen LogP contribution >= 0.6 is 11.6 Å². The number of amides is 1. The molecule has 0 aromatic heterocycles. The van der Waals surface area contributed by atoms with Crippen LogP contribution in [0.4, 0.5) is 0 Å². The Morgan fingerprint density at radius 2 is 1.86 bits per heavy atom. The van der Waals surface area contributed by atoms with Gasteiger partial charge in [0.15, 0.2) is 0 Å². The van der Waals surface area contributed by atoms with Crippen molar-refractivity contribution in [3.05, 3.63) is 29.3 Å². The van der Waals surface area contributed by atoms with E-state index < -0.39 is 0 Å². The number of rotatable bonds is 2. The molecule has 158 valence electrons. The highest BCUT2D eigenvalue weighted by molar-refractivity contribution is 6.30. The van der Waals surface area contributed by atoms with Crippen LogP contribution in [0.2, 0.25) is 5.02 Å². The summed E-state index contributed by atoms with van der Waals surface area (Å²) >= 11 is 6.04. The van der Waals surface area contributed by atoms with E-state index >= 15 is 0 Å². The van der Waals surface area contributed by atoms with E-state index in [4.69, 9.17) is 16.3 Å². The molecule has 1 saturated heterocycles. The van der Waals surface area contributed by atoms with Crippen LogP contribution in [0.25, 0.3) is 0 Å². The molecule has 3 aliphatic carbocycles. The minimum absolute atomic E-state index is 0.260. The number of piperidine rings is 1. The predicted molar refractivity (Wildman–Crippen MR) is 116 cm³/mol. The van der Waals surface area contributed by atoms with Crippen molar-refractivity contribution in [2.75, 3.05) is 0 Å². The average molecular weight is 416 g/mol. The van der Waals surface area contributed by atoms with Crippen LogP contribution < -0.4 is 10.1 Å². The summed E-state index contributed by atoms with van der Waals surface area (Å²) in [4.78, 5) is 12.1. The molecule has 1 aromatic carbocycles. The van der Waals surface area contributed by atoms with E-state index in [0.29, 0.717) is 29.9 Å². The first-order valence-corrected chi connectivity index (χ1v) is 11.9. The quantitative estimate of drug-likeness (QED) is 0.657. The summed E-state index contributed by atoms with van der Waals surface area (Å²) in [6.45, 7) is 7.43. The molecule has 4 aliphatic rings. The molecule has 1 N–H and O–H groups in total. The Hall–Kier alpha value is -1.22. The van der Waals surface area contributed by atoms with Crippen LogP contribution in [0, 0.1) is 34.5 Å². The summed E-state index contributed by atoms with van der Waals surface area (Å²) in [5, 5.41) is 4.12. The lowest BCUT2D eigenvalue weighted by molar-refractivity contribution is -0.141. The van der Waals surface area contributed by atoms with Gasteiger partial charge in [0.1, 0.15) is 5.75 Å². The second kappa shape index (κ2) is 6.90. The van der Waals surface area contributed by atoms with E-state index in [2.05, 4.69) is 26.1 Å². The topological polar surface area (TPSA) is 38.3 Å². The number of carbonyl (C=O) groups is 1. The van der Waals surface area contributed by atoms with Crippen molar-refractivity contribution in [3.63, 3.8) is 0 Å². The highest BCUT2D eigenvalue weighted by atomic mass is 35.5. The fourth-order valence-electron chi connectivity index (χ4n) is 7.84. The lowest BCUT2D eigenvalue weighted by atomic mass is 9.45. The normalized spacial score (nSPS) is 46.3. The van der Waals surface area contributed by atoms with E-state index in [0.717, 1.165) is 54.2 Å². The maximum Gasteiger partial charge on any atom is 0.220 e. The van der Waals surface area contributed by atoms with Gasteiger partial charge in [-0.1, -0.05) is 32.4 Å². The second-order valence-corrected chi connectivity index (χ2v) is 11.4. The van der Waals surface area contributed by atoms with Crippen molar-refractivity contribution in [1.82, 2.24) is 5.32 Å². The molecule has 5 rings (SSSR count). The lowest BCUT2D eigenvalue weighted by Crippen LogP contribution is -2.62. The summed E-state index contributed by atoms with van der Waals surface area (Å²) in [6, 6.07) is 8.19. The number of halogens is 1. The van der Waals surface area contributed by atoms with Crippen molar-refractivity contribution >= 4 is 17.5 Å². The lowest BCUT2D eigenvalue weighted by Gasteiger charge is -2.61. The third-order valence-electron chi connectivity index (χ3n) is 9.31. The fraction of sp³-hybridized carbons (Fsp3) is 0.720. The monoisotopic (exact) mass is 415 g/mol. The van der Waals surface area contributed by atoms with Gasteiger partial charge in [-0.3, -0.25) is 4.79 Å². The Labute approximate surface area is 179 Å². The summed E-state index contributed by atoms with van der Waals surface area (Å²) < 4.78 is 6.43. The van der Waals surface area contributed by atoms with Crippen molar-refractivity contribution in [1.29, 1.82) is 0 Å². The van der Waals surface area contributed by atoms with Gasteiger partial charge in [-0.05, 0) is 97.3 Å². The number of carbonyl (C=O) groups excluding carboxylic acids is 1. The number of benzene rings is 1. The van der Waals surface area contributed by atoms with Crippen LogP contribution in [-0.2, 0) is 4.79 Å². The van der Waals surface area contributed by atoms with E-state index in [1.54, 1.807) is 0 Å². The zero-order valence-corrected chi connectivity index (χ0v) is 18.7. The molecule has 0 radical (unpaired) electrons. The Kier molecular flexibility index (Phi) is 4.70. The van der Waals surface area contributed by atoms with Gasteiger partial charge >= 0.3 is 0 Å². The standard InChI is InChI=1S/C25H34ClNO2/c1-15-12-21-25(3,11-9-22(28)27-21)19-8-10-24(2)14-18(13-20(24)23(15)19)29-17-6-4-16(26)5-7-17/h4-7,15,18-21,23H,8-14H2,1-3H3,(H,27,28)/t15-,18-,19-,20-,21+,23+,24+,25+/m0/s1. The van der Waals surface area contributed by atoms with E-state index in [1.807, 2.05) is 24.3 Å². The predicted octanol–water partition coefficient (Wildman–Crippen LogP) is 5.85. The van der Waals surface area contributed by atoms with Crippen LogP contribution in [0.15, 0.2) is 24.3 Å². The molecule has 1 heterocycles. The van der Waals surface area contributed by atoms with Gasteiger partial charge in [0.05, 0.1) is 6.10 Å². The molecule has 1 amide bonds. The van der Waals surface area contributed by atoms with Crippen LogP contribution in [-0.4, -0.2) is 18.1 Å². The van der Waals surface area contributed by atoms with Gasteiger partial charge in [-0.15, -0.1) is 0 Å². The number of nitrogens with one attached hydrogen (secondary N) is 1. The van der Waals surface area contributed by atoms with Crippen molar-refractivity contribution in [3.8, 4) is 5.75 Å². The zero-order valence-electron chi connectivity index (χ0n) is 17.9. The number of hydrogen-bond acceptors (Lipinski definition) is 2. The highest BCUT2D eigenvalue weighted by Gasteiger charge is 2.61. The molecule has 3 saturated carbocycles. The summed E-state index contributed by atoms with van der Waals surface area (Å²) in [5.41, 5.74) is 0.648. The Morgan fingerprint density at radius 1 is 1.10 bits per heavy atom. The van der Waals surface area contributed by atoms with Gasteiger partial charge in [-0.2, -0.15) is 0 Å². The summed E-state index contributed by atoms with van der Waals surface area (Å²) in [7, 11) is 0. The molecule has 29 heavy (non-hydrogen) atoms. The third kappa shape index (κ3) is 3.19. The molecule has 8 atom stereocenters. The molecular formula is C25H34ClNO2. The first-order chi connectivity index (χ1) is 13.8. The van der Waals surface area contributed by atoms with Gasteiger partial charge in [0.25, 0.3) is 0 Å². The molecule has 4 fully saturated rings. The number of fused-ring (bicyclic) bond motifs is 5. The maximum atomic E-state index is 12.1. The van der Waals surface area contributed by atoms with Crippen molar-refractivity contribution in [2.45, 2.75) is 77.9 Å². The number of hydrogen-bond donors (Lipinski definition) is 1. The maximum absolute atomic E-state index is 12.1. The minimum Gasteiger partial charge on any atom is -0.490 e. The molecule has 0 unspecified atom stereocenters. The van der Waals surface area contributed by atoms with Crippen molar-refractivity contribution < 1.29 is 9.53 Å². The van der Waals surface area contributed by atoms with Crippen LogP contribution in [0.5, 0.6) is 5.75 Å². The molecule has 3 nitrogen and oxygen atoms in total. The smallest absolute Gasteiger partial charge is 0.220 e. The largest absolute Gasteiger partial charge is 0.490 e. The highest BCUT2D eigenvalue weighted by Crippen LogP contribution is 2.65. The number of ether oxygens (including phenoxy) is 1. The van der Waals surface area contributed by atoms with Crippen LogP contribution in [0.3, 0.4) is 0 Å². The zero-order chi connectivity index (χ0) is 20.4. The van der Waals surface area contributed by atoms with E-state index in [1.165, 1.54) is 12.8 Å². The SMILES string of the molecule is C[C@H]1C[C@H]2NC(=O)CC[C@]2(C)[C@H]2CC[C@]3(C)C[C@@H](Oc4ccc(Cl)cc4)C[C@H]3[C@H]12. The Bertz CT molecular complexity index is 795. The summed E-state index contributed by atoms with van der Waals surface area (Å²) in [5.74, 6) is 4.07. The fourth-order valence-corrected chi connectivity index (χ4v) is 7.96. The Morgan fingerprint density at radius 3 is 2.62 bits per heavy atom. The average Bonchev–Trinajstić information content (AvgIpc) is 3.01. The van der Waals surface area contributed by atoms with E-state index in [9.17, 15) is 4.79 Å². The molecule has 0 bridgehead atoms. The first kappa shape index (κ1) is 19.7. The molecule has 0 spiro atoms. The molecule has 1 aromatic rings. The van der Waals surface area contributed by atoms with Gasteiger partial charge in [-0.25, -0.2) is 0 Å². The van der Waals surface area contributed by atoms with Gasteiger partial charge in [0, 0.05) is 17.5 Å².